The van der Waals surface area contributed by atoms with E-state index in [2.05, 4.69) is 20.8 Å². The monoisotopic (exact) mass is 322 g/mol. The molecule has 1 aromatic carbocycles. The summed E-state index contributed by atoms with van der Waals surface area (Å²) in [6.07, 6.45) is 2.50. The summed E-state index contributed by atoms with van der Waals surface area (Å²) in [6.45, 7) is 2.55. The van der Waals surface area contributed by atoms with Crippen LogP contribution in [0.1, 0.15) is 23.2 Å². The lowest BCUT2D eigenvalue weighted by atomic mass is 10.1. The molecule has 4 nitrogen and oxygen atoms in total. The molecule has 0 N–H and O–H groups in total. The van der Waals surface area contributed by atoms with Crippen molar-refractivity contribution in [3.05, 3.63) is 28.2 Å². The number of benzene rings is 1. The van der Waals surface area contributed by atoms with Gasteiger partial charge in [0.05, 0.1) is 0 Å². The third kappa shape index (κ3) is 2.27. The fourth-order valence-corrected chi connectivity index (χ4v) is 3.37. The molecule has 0 spiro atoms. The highest BCUT2D eigenvalue weighted by Crippen LogP contribution is 2.28. The number of halogens is 1. The number of fused-ring (bicyclic) bond motifs is 1. The van der Waals surface area contributed by atoms with Crippen LogP contribution in [0.15, 0.2) is 22.7 Å². The highest BCUT2D eigenvalue weighted by atomic mass is 79.9. The molecule has 1 unspecified atom stereocenters. The van der Waals surface area contributed by atoms with Crippen LogP contribution >= 0.6 is 15.9 Å². The van der Waals surface area contributed by atoms with Gasteiger partial charge in [-0.15, -0.1) is 0 Å². The predicted octanol–water partition coefficient (Wildman–Crippen LogP) is 2.07. The van der Waals surface area contributed by atoms with Crippen molar-refractivity contribution in [3.8, 4) is 0 Å². The number of nitrogens with zero attached hydrogens (tertiary/aromatic N) is 2. The lowest BCUT2D eigenvalue weighted by Crippen LogP contribution is -2.51. The van der Waals surface area contributed by atoms with Crippen molar-refractivity contribution in [2.24, 2.45) is 0 Å². The zero-order valence-electron chi connectivity index (χ0n) is 10.5. The van der Waals surface area contributed by atoms with E-state index < -0.39 is 0 Å². The number of carbonyl (C=O) groups excluding carboxylic acids is 2. The summed E-state index contributed by atoms with van der Waals surface area (Å²) >= 11 is 3.42. The summed E-state index contributed by atoms with van der Waals surface area (Å²) in [7, 11) is 0. The van der Waals surface area contributed by atoms with Crippen molar-refractivity contribution in [2.75, 3.05) is 24.5 Å². The minimum atomic E-state index is 0.294. The SMILES string of the molecule is O=Cc1ccc(N2CCN3C(=O)CCC3C2)cc1Br. The van der Waals surface area contributed by atoms with Gasteiger partial charge in [-0.1, -0.05) is 0 Å². The van der Waals surface area contributed by atoms with Crippen LogP contribution in [0.5, 0.6) is 0 Å². The van der Waals surface area contributed by atoms with Gasteiger partial charge in [-0.2, -0.15) is 0 Å². The van der Waals surface area contributed by atoms with E-state index in [1.807, 2.05) is 23.1 Å². The number of rotatable bonds is 2. The van der Waals surface area contributed by atoms with Crippen molar-refractivity contribution in [2.45, 2.75) is 18.9 Å². The van der Waals surface area contributed by atoms with Crippen molar-refractivity contribution >= 4 is 33.8 Å². The summed E-state index contributed by atoms with van der Waals surface area (Å²) in [5.41, 5.74) is 1.77. The number of amides is 1. The van der Waals surface area contributed by atoms with Crippen LogP contribution in [0, 0.1) is 0 Å². The van der Waals surface area contributed by atoms with E-state index in [1.165, 1.54) is 0 Å². The molecule has 2 heterocycles. The maximum atomic E-state index is 11.7. The zero-order chi connectivity index (χ0) is 13.4. The van der Waals surface area contributed by atoms with Gasteiger partial charge in [0.15, 0.2) is 6.29 Å². The van der Waals surface area contributed by atoms with E-state index in [1.54, 1.807) is 0 Å². The molecule has 2 aliphatic rings. The Morgan fingerprint density at radius 1 is 1.32 bits per heavy atom. The first kappa shape index (κ1) is 12.7. The Balaban J connectivity index is 1.78. The quantitative estimate of drug-likeness (QED) is 0.783. The smallest absolute Gasteiger partial charge is 0.223 e. The third-order valence-corrected chi connectivity index (χ3v) is 4.66. The summed E-state index contributed by atoms with van der Waals surface area (Å²) in [5.74, 6) is 0.294. The van der Waals surface area contributed by atoms with E-state index in [9.17, 15) is 9.59 Å². The predicted molar refractivity (Wildman–Crippen MR) is 76.5 cm³/mol. The molecule has 0 aromatic heterocycles. The van der Waals surface area contributed by atoms with Crippen molar-refractivity contribution in [1.82, 2.24) is 4.90 Å². The van der Waals surface area contributed by atoms with E-state index in [0.717, 1.165) is 42.5 Å². The second-order valence-electron chi connectivity index (χ2n) is 5.05. The number of hydrogen-bond donors (Lipinski definition) is 0. The van der Waals surface area contributed by atoms with Gasteiger partial charge >= 0.3 is 0 Å². The molecular weight excluding hydrogens is 308 g/mol. The van der Waals surface area contributed by atoms with Crippen LogP contribution in [0.3, 0.4) is 0 Å². The maximum absolute atomic E-state index is 11.7. The first-order valence-electron chi connectivity index (χ1n) is 6.48. The van der Waals surface area contributed by atoms with Gasteiger partial charge in [0.2, 0.25) is 5.91 Å². The summed E-state index contributed by atoms with van der Waals surface area (Å²) in [4.78, 5) is 26.8. The first-order valence-corrected chi connectivity index (χ1v) is 7.27. The highest BCUT2D eigenvalue weighted by Gasteiger charge is 2.35. The Bertz CT molecular complexity index is 532. The molecule has 0 aliphatic carbocycles. The van der Waals surface area contributed by atoms with Gasteiger partial charge in [0.25, 0.3) is 0 Å². The third-order valence-electron chi connectivity index (χ3n) is 3.97. The van der Waals surface area contributed by atoms with Gasteiger partial charge < -0.3 is 9.80 Å². The molecule has 0 saturated carbocycles. The topological polar surface area (TPSA) is 40.6 Å². The summed E-state index contributed by atoms with van der Waals surface area (Å²) in [5, 5.41) is 0. The Labute approximate surface area is 120 Å². The zero-order valence-corrected chi connectivity index (χ0v) is 12.1. The average molecular weight is 323 g/mol. The van der Waals surface area contributed by atoms with Crippen LogP contribution in [-0.4, -0.2) is 42.8 Å². The minimum Gasteiger partial charge on any atom is -0.368 e. The molecule has 1 atom stereocenters. The van der Waals surface area contributed by atoms with E-state index >= 15 is 0 Å². The molecule has 19 heavy (non-hydrogen) atoms. The number of hydrogen-bond acceptors (Lipinski definition) is 3. The average Bonchev–Trinajstić information content (AvgIpc) is 2.80. The molecule has 2 saturated heterocycles. The van der Waals surface area contributed by atoms with Crippen molar-refractivity contribution in [3.63, 3.8) is 0 Å². The largest absolute Gasteiger partial charge is 0.368 e. The number of anilines is 1. The summed E-state index contributed by atoms with van der Waals surface area (Å²) in [6, 6.07) is 6.14. The van der Waals surface area contributed by atoms with E-state index in [4.69, 9.17) is 0 Å². The second kappa shape index (κ2) is 4.96. The van der Waals surface area contributed by atoms with Crippen LogP contribution in [-0.2, 0) is 4.79 Å². The van der Waals surface area contributed by atoms with Gasteiger partial charge in [-0.3, -0.25) is 9.59 Å². The summed E-state index contributed by atoms with van der Waals surface area (Å²) < 4.78 is 0.824. The van der Waals surface area contributed by atoms with Gasteiger partial charge in [0, 0.05) is 47.8 Å². The van der Waals surface area contributed by atoms with Crippen LogP contribution in [0.25, 0.3) is 0 Å². The molecule has 0 bridgehead atoms. The molecule has 2 fully saturated rings. The van der Waals surface area contributed by atoms with Crippen LogP contribution in [0.4, 0.5) is 5.69 Å². The number of carbonyl (C=O) groups is 2. The standard InChI is InChI=1S/C14H15BrN2O2/c15-13-7-11(2-1-10(13)9-18)16-5-6-17-12(8-16)3-4-14(17)19/h1-2,7,9,12H,3-6,8H2. The molecule has 5 heteroatoms. The Hall–Kier alpha value is -1.36. The Kier molecular flexibility index (Phi) is 3.31. The van der Waals surface area contributed by atoms with Gasteiger partial charge in [0.1, 0.15) is 0 Å². The fourth-order valence-electron chi connectivity index (χ4n) is 2.91. The Morgan fingerprint density at radius 3 is 2.89 bits per heavy atom. The first-order chi connectivity index (χ1) is 9.19. The van der Waals surface area contributed by atoms with Crippen molar-refractivity contribution in [1.29, 1.82) is 0 Å². The molecule has 0 radical (unpaired) electrons. The minimum absolute atomic E-state index is 0.294. The second-order valence-corrected chi connectivity index (χ2v) is 5.90. The number of piperazine rings is 1. The maximum Gasteiger partial charge on any atom is 0.223 e. The molecule has 1 amide bonds. The van der Waals surface area contributed by atoms with Gasteiger partial charge in [-0.25, -0.2) is 0 Å². The molecule has 1 aromatic rings. The molecule has 2 aliphatic heterocycles. The number of aldehydes is 1. The lowest BCUT2D eigenvalue weighted by molar-refractivity contribution is -0.129. The van der Waals surface area contributed by atoms with Crippen LogP contribution in [0.2, 0.25) is 0 Å². The van der Waals surface area contributed by atoms with E-state index in [0.29, 0.717) is 23.9 Å². The van der Waals surface area contributed by atoms with Crippen molar-refractivity contribution < 1.29 is 9.59 Å². The lowest BCUT2D eigenvalue weighted by Gasteiger charge is -2.39. The molecular formula is C14H15BrN2O2. The Morgan fingerprint density at radius 2 is 2.16 bits per heavy atom. The molecule has 100 valence electrons. The molecule has 3 rings (SSSR count). The van der Waals surface area contributed by atoms with Gasteiger partial charge in [-0.05, 0) is 40.5 Å². The fraction of sp³-hybridized carbons (Fsp3) is 0.429. The highest BCUT2D eigenvalue weighted by molar-refractivity contribution is 9.10. The normalized spacial score (nSPS) is 22.6. The van der Waals surface area contributed by atoms with E-state index in [-0.39, 0.29) is 0 Å². The van der Waals surface area contributed by atoms with Crippen LogP contribution < -0.4 is 4.90 Å².